The molecule has 1 atom stereocenters. The van der Waals surface area contributed by atoms with Crippen LogP contribution in [0, 0.1) is 5.82 Å². The van der Waals surface area contributed by atoms with Crippen LogP contribution in [0.3, 0.4) is 0 Å². The molecule has 1 aliphatic rings. The molecule has 1 fully saturated rings. The Morgan fingerprint density at radius 2 is 2.33 bits per heavy atom. The monoisotopic (exact) mass is 253 g/mol. The van der Waals surface area contributed by atoms with Gasteiger partial charge in [0.1, 0.15) is 11.6 Å². The van der Waals surface area contributed by atoms with E-state index in [0.717, 1.165) is 12.8 Å². The van der Waals surface area contributed by atoms with Crippen LogP contribution in [0.15, 0.2) is 18.2 Å². The van der Waals surface area contributed by atoms with Gasteiger partial charge in [0, 0.05) is 17.7 Å². The highest BCUT2D eigenvalue weighted by Gasteiger charge is 2.23. The van der Waals surface area contributed by atoms with Gasteiger partial charge in [0.05, 0.1) is 6.10 Å². The van der Waals surface area contributed by atoms with Crippen molar-refractivity contribution in [2.75, 3.05) is 6.61 Å². The number of carbonyl (C=O) groups is 1. The van der Waals surface area contributed by atoms with Gasteiger partial charge < -0.3 is 15.2 Å². The van der Waals surface area contributed by atoms with E-state index < -0.39 is 11.9 Å². The molecule has 4 nitrogen and oxygen atoms in total. The lowest BCUT2D eigenvalue weighted by Crippen LogP contribution is -2.30. The Labute approximate surface area is 105 Å². The molecular formula is C13H16FNO3. The van der Waals surface area contributed by atoms with Crippen molar-refractivity contribution in [1.29, 1.82) is 0 Å². The van der Waals surface area contributed by atoms with Gasteiger partial charge in [-0.1, -0.05) is 0 Å². The molecule has 1 amide bonds. The summed E-state index contributed by atoms with van der Waals surface area (Å²) in [4.78, 5) is 11.4. The van der Waals surface area contributed by atoms with Crippen molar-refractivity contribution in [3.8, 4) is 5.75 Å². The number of aliphatic hydroxyl groups is 1. The normalized spacial score (nSPS) is 16.2. The van der Waals surface area contributed by atoms with Gasteiger partial charge in [-0.25, -0.2) is 4.39 Å². The first-order chi connectivity index (χ1) is 8.56. The van der Waals surface area contributed by atoms with E-state index in [2.05, 4.69) is 5.32 Å². The Balaban J connectivity index is 1.88. The van der Waals surface area contributed by atoms with Gasteiger partial charge in [0.2, 0.25) is 0 Å². The van der Waals surface area contributed by atoms with E-state index in [4.69, 9.17) is 4.74 Å². The lowest BCUT2D eigenvalue weighted by atomic mass is 10.1. The third kappa shape index (κ3) is 3.43. The van der Waals surface area contributed by atoms with Gasteiger partial charge in [0.25, 0.3) is 5.91 Å². The molecule has 0 heterocycles. The minimum Gasteiger partial charge on any atom is -0.484 e. The van der Waals surface area contributed by atoms with Crippen LogP contribution in [0.1, 0.15) is 31.4 Å². The van der Waals surface area contributed by atoms with Crippen molar-refractivity contribution < 1.29 is 19.0 Å². The lowest BCUT2D eigenvalue weighted by molar-refractivity contribution is -0.123. The van der Waals surface area contributed by atoms with E-state index in [-0.39, 0.29) is 29.9 Å². The Kier molecular flexibility index (Phi) is 3.81. The zero-order chi connectivity index (χ0) is 13.1. The summed E-state index contributed by atoms with van der Waals surface area (Å²) < 4.78 is 18.7. The molecule has 5 heteroatoms. The Morgan fingerprint density at radius 1 is 1.61 bits per heavy atom. The molecule has 18 heavy (non-hydrogen) atoms. The van der Waals surface area contributed by atoms with E-state index in [9.17, 15) is 14.3 Å². The molecule has 0 unspecified atom stereocenters. The predicted molar refractivity (Wildman–Crippen MR) is 63.7 cm³/mol. The summed E-state index contributed by atoms with van der Waals surface area (Å²) in [6.07, 6.45) is 1.17. The Hall–Kier alpha value is -1.62. The van der Waals surface area contributed by atoms with Gasteiger partial charge >= 0.3 is 0 Å². The zero-order valence-electron chi connectivity index (χ0n) is 10.1. The number of nitrogens with one attached hydrogen (secondary N) is 1. The average molecular weight is 253 g/mol. The standard InChI is InChI=1S/C13H16FNO3/c1-8(16)11-5-4-10(6-12(11)14)18-7-13(17)15-9-2-3-9/h4-6,8-9,16H,2-3,7H2,1H3,(H,15,17)/t8-/m1/s1. The number of hydrogen-bond acceptors (Lipinski definition) is 3. The molecule has 1 aliphatic carbocycles. The molecule has 2 rings (SSSR count). The first kappa shape index (κ1) is 12.8. The first-order valence-electron chi connectivity index (χ1n) is 5.96. The molecule has 0 spiro atoms. The first-order valence-corrected chi connectivity index (χ1v) is 5.96. The van der Waals surface area contributed by atoms with Crippen molar-refractivity contribution in [3.63, 3.8) is 0 Å². The third-order valence-electron chi connectivity index (χ3n) is 2.73. The van der Waals surface area contributed by atoms with E-state index in [1.807, 2.05) is 0 Å². The van der Waals surface area contributed by atoms with E-state index in [1.165, 1.54) is 25.1 Å². The van der Waals surface area contributed by atoms with Crippen LogP contribution in [0.25, 0.3) is 0 Å². The zero-order valence-corrected chi connectivity index (χ0v) is 10.1. The van der Waals surface area contributed by atoms with Crippen LogP contribution in [0.4, 0.5) is 4.39 Å². The largest absolute Gasteiger partial charge is 0.484 e. The molecule has 1 aromatic carbocycles. The van der Waals surface area contributed by atoms with Gasteiger partial charge in [-0.3, -0.25) is 4.79 Å². The van der Waals surface area contributed by atoms with Crippen molar-refractivity contribution in [2.45, 2.75) is 31.9 Å². The molecule has 0 aromatic heterocycles. The average Bonchev–Trinajstić information content (AvgIpc) is 3.10. The topological polar surface area (TPSA) is 58.6 Å². The Bertz CT molecular complexity index is 444. The summed E-state index contributed by atoms with van der Waals surface area (Å²) in [7, 11) is 0. The van der Waals surface area contributed by atoms with Crippen molar-refractivity contribution >= 4 is 5.91 Å². The summed E-state index contributed by atoms with van der Waals surface area (Å²) >= 11 is 0. The SMILES string of the molecule is C[C@@H](O)c1ccc(OCC(=O)NC2CC2)cc1F. The summed E-state index contributed by atoms with van der Waals surface area (Å²) in [6.45, 7) is 1.37. The van der Waals surface area contributed by atoms with Crippen LogP contribution in [-0.2, 0) is 4.79 Å². The van der Waals surface area contributed by atoms with Gasteiger partial charge in [-0.05, 0) is 31.9 Å². The fourth-order valence-corrected chi connectivity index (χ4v) is 1.58. The number of benzene rings is 1. The summed E-state index contributed by atoms with van der Waals surface area (Å²) in [5.41, 5.74) is 0.213. The van der Waals surface area contributed by atoms with E-state index in [1.54, 1.807) is 0 Å². The molecule has 0 saturated heterocycles. The molecule has 1 aromatic rings. The molecule has 1 saturated carbocycles. The van der Waals surface area contributed by atoms with Crippen LogP contribution < -0.4 is 10.1 Å². The fourth-order valence-electron chi connectivity index (χ4n) is 1.58. The van der Waals surface area contributed by atoms with Crippen LogP contribution in [-0.4, -0.2) is 23.7 Å². The maximum Gasteiger partial charge on any atom is 0.258 e. The fraction of sp³-hybridized carbons (Fsp3) is 0.462. The maximum absolute atomic E-state index is 13.5. The summed E-state index contributed by atoms with van der Waals surface area (Å²) in [6, 6.07) is 4.45. The number of ether oxygens (including phenoxy) is 1. The second-order valence-corrected chi connectivity index (χ2v) is 4.49. The maximum atomic E-state index is 13.5. The van der Waals surface area contributed by atoms with Crippen molar-refractivity contribution in [3.05, 3.63) is 29.6 Å². The quantitative estimate of drug-likeness (QED) is 0.836. The highest BCUT2D eigenvalue weighted by molar-refractivity contribution is 5.78. The number of carbonyl (C=O) groups excluding carboxylic acids is 1. The third-order valence-corrected chi connectivity index (χ3v) is 2.73. The number of halogens is 1. The number of aliphatic hydroxyl groups excluding tert-OH is 1. The molecule has 2 N–H and O–H groups in total. The molecule has 0 aliphatic heterocycles. The van der Waals surface area contributed by atoms with E-state index >= 15 is 0 Å². The predicted octanol–water partition coefficient (Wildman–Crippen LogP) is 1.54. The minimum atomic E-state index is -0.864. The molecular weight excluding hydrogens is 237 g/mol. The number of rotatable bonds is 5. The Morgan fingerprint density at radius 3 is 2.89 bits per heavy atom. The smallest absolute Gasteiger partial charge is 0.258 e. The van der Waals surface area contributed by atoms with E-state index in [0.29, 0.717) is 0 Å². The van der Waals surface area contributed by atoms with Gasteiger partial charge in [-0.2, -0.15) is 0 Å². The van der Waals surface area contributed by atoms with Crippen molar-refractivity contribution in [2.24, 2.45) is 0 Å². The molecule has 0 radical (unpaired) electrons. The molecule has 98 valence electrons. The lowest BCUT2D eigenvalue weighted by Gasteiger charge is -2.10. The highest BCUT2D eigenvalue weighted by atomic mass is 19.1. The van der Waals surface area contributed by atoms with Crippen LogP contribution in [0.2, 0.25) is 0 Å². The minimum absolute atomic E-state index is 0.121. The van der Waals surface area contributed by atoms with Gasteiger partial charge in [-0.15, -0.1) is 0 Å². The van der Waals surface area contributed by atoms with Gasteiger partial charge in [0.15, 0.2) is 6.61 Å². The number of hydrogen-bond donors (Lipinski definition) is 2. The summed E-state index contributed by atoms with van der Waals surface area (Å²) in [5.74, 6) is -0.453. The highest BCUT2D eigenvalue weighted by Crippen LogP contribution is 2.22. The van der Waals surface area contributed by atoms with Crippen molar-refractivity contribution in [1.82, 2.24) is 5.32 Å². The second-order valence-electron chi connectivity index (χ2n) is 4.49. The summed E-state index contributed by atoms with van der Waals surface area (Å²) in [5, 5.41) is 12.0. The molecule has 0 bridgehead atoms. The van der Waals surface area contributed by atoms with Crippen LogP contribution >= 0.6 is 0 Å². The van der Waals surface area contributed by atoms with Crippen LogP contribution in [0.5, 0.6) is 5.75 Å². The number of amides is 1. The second kappa shape index (κ2) is 5.35.